The third-order valence-electron chi connectivity index (χ3n) is 3.00. The summed E-state index contributed by atoms with van der Waals surface area (Å²) < 4.78 is 5.11. The number of carbonyl (C=O) groups excluding carboxylic acids is 1. The highest BCUT2D eigenvalue weighted by molar-refractivity contribution is 5.96. The Balaban J connectivity index is 2.47. The third kappa shape index (κ3) is 3.04. The lowest BCUT2D eigenvalue weighted by Crippen LogP contribution is -2.17. The molecule has 8 heteroatoms. The fourth-order valence-electron chi connectivity index (χ4n) is 2.11. The van der Waals surface area contributed by atoms with Crippen molar-refractivity contribution in [3.63, 3.8) is 0 Å². The average Bonchev–Trinajstić information content (AvgIpc) is 2.62. The molecule has 1 heterocycles. The zero-order valence-corrected chi connectivity index (χ0v) is 11.4. The number of hydrogen-bond donors (Lipinski definition) is 0. The first-order valence-corrected chi connectivity index (χ1v) is 6.06. The minimum atomic E-state index is -0.717. The van der Waals surface area contributed by atoms with Gasteiger partial charge < -0.3 is 4.74 Å². The van der Waals surface area contributed by atoms with Crippen LogP contribution < -0.4 is 0 Å². The van der Waals surface area contributed by atoms with Crippen LogP contribution in [0.1, 0.15) is 25.8 Å². The van der Waals surface area contributed by atoms with Crippen LogP contribution in [0.4, 0.5) is 11.4 Å². The molecule has 21 heavy (non-hydrogen) atoms. The highest BCUT2D eigenvalue weighted by Gasteiger charge is 2.35. The van der Waals surface area contributed by atoms with Crippen LogP contribution in [0.2, 0.25) is 0 Å². The second kappa shape index (κ2) is 4.97. The third-order valence-corrected chi connectivity index (χ3v) is 3.00. The van der Waals surface area contributed by atoms with Crippen LogP contribution in [0.25, 0.3) is 6.08 Å². The molecule has 0 amide bonds. The SMILES string of the molecule is CC1(C)C/C(=C/c2ccc([N+](=O)[O-])cc2[N+](=O)[O-])C(=O)O1. The van der Waals surface area contributed by atoms with Crippen LogP contribution in [0, 0.1) is 20.2 Å². The van der Waals surface area contributed by atoms with E-state index in [1.54, 1.807) is 13.8 Å². The van der Waals surface area contributed by atoms with Crippen molar-refractivity contribution in [2.45, 2.75) is 25.9 Å². The molecule has 8 nitrogen and oxygen atoms in total. The molecule has 1 fully saturated rings. The first-order chi connectivity index (χ1) is 9.69. The van der Waals surface area contributed by atoms with Gasteiger partial charge >= 0.3 is 5.97 Å². The topological polar surface area (TPSA) is 113 Å². The second-order valence-electron chi connectivity index (χ2n) is 5.25. The molecule has 2 rings (SSSR count). The number of carbonyl (C=O) groups is 1. The van der Waals surface area contributed by atoms with Gasteiger partial charge in [-0.1, -0.05) is 0 Å². The first kappa shape index (κ1) is 14.6. The van der Waals surface area contributed by atoms with Crippen molar-refractivity contribution >= 4 is 23.4 Å². The lowest BCUT2D eigenvalue weighted by Gasteiger charge is -2.13. The summed E-state index contributed by atoms with van der Waals surface area (Å²) in [5, 5.41) is 21.7. The fraction of sp³-hybridized carbons (Fsp3) is 0.308. The highest BCUT2D eigenvalue weighted by atomic mass is 16.6. The molecular weight excluding hydrogens is 280 g/mol. The summed E-state index contributed by atoms with van der Waals surface area (Å²) in [6.07, 6.45) is 1.67. The van der Waals surface area contributed by atoms with E-state index in [0.29, 0.717) is 12.0 Å². The van der Waals surface area contributed by atoms with Gasteiger partial charge in [0.2, 0.25) is 0 Å². The maximum absolute atomic E-state index is 11.7. The van der Waals surface area contributed by atoms with Gasteiger partial charge in [0.1, 0.15) is 5.60 Å². The van der Waals surface area contributed by atoms with Crippen LogP contribution in [0.3, 0.4) is 0 Å². The Hall–Kier alpha value is -2.77. The number of non-ortho nitro benzene ring substituents is 1. The molecule has 0 atom stereocenters. The summed E-state index contributed by atoms with van der Waals surface area (Å²) in [6.45, 7) is 3.46. The summed E-state index contributed by atoms with van der Waals surface area (Å²) in [5.74, 6) is -0.535. The molecule has 1 aromatic rings. The van der Waals surface area contributed by atoms with Crippen molar-refractivity contribution in [2.75, 3.05) is 0 Å². The lowest BCUT2D eigenvalue weighted by molar-refractivity contribution is -0.394. The van der Waals surface area contributed by atoms with Crippen molar-refractivity contribution < 1.29 is 19.4 Å². The Morgan fingerprint density at radius 1 is 1.24 bits per heavy atom. The zero-order chi connectivity index (χ0) is 15.8. The van der Waals surface area contributed by atoms with Crippen LogP contribution in [-0.4, -0.2) is 21.4 Å². The van der Waals surface area contributed by atoms with Gasteiger partial charge in [-0.15, -0.1) is 0 Å². The zero-order valence-electron chi connectivity index (χ0n) is 11.4. The first-order valence-electron chi connectivity index (χ1n) is 6.06. The summed E-state index contributed by atoms with van der Waals surface area (Å²) in [6, 6.07) is 3.28. The monoisotopic (exact) mass is 292 g/mol. The van der Waals surface area contributed by atoms with Crippen LogP contribution >= 0.6 is 0 Å². The summed E-state index contributed by atoms with van der Waals surface area (Å²) in [7, 11) is 0. The maximum Gasteiger partial charge on any atom is 0.334 e. The minimum Gasteiger partial charge on any atom is -0.456 e. The van der Waals surface area contributed by atoms with Gasteiger partial charge in [0.15, 0.2) is 0 Å². The van der Waals surface area contributed by atoms with Crippen molar-refractivity contribution in [3.05, 3.63) is 49.6 Å². The van der Waals surface area contributed by atoms with Crippen molar-refractivity contribution in [1.29, 1.82) is 0 Å². The number of esters is 1. The largest absolute Gasteiger partial charge is 0.456 e. The number of benzene rings is 1. The van der Waals surface area contributed by atoms with Crippen molar-refractivity contribution in [1.82, 2.24) is 0 Å². The number of cyclic esters (lactones) is 1. The molecule has 1 saturated heterocycles. The van der Waals surface area contributed by atoms with E-state index in [4.69, 9.17) is 4.74 Å². The summed E-state index contributed by atoms with van der Waals surface area (Å²) in [5.41, 5.74) is -1.02. The van der Waals surface area contributed by atoms with Gasteiger partial charge in [-0.25, -0.2) is 4.79 Å². The van der Waals surface area contributed by atoms with E-state index in [1.165, 1.54) is 12.1 Å². The van der Waals surface area contributed by atoms with E-state index >= 15 is 0 Å². The van der Waals surface area contributed by atoms with Crippen LogP contribution in [-0.2, 0) is 9.53 Å². The molecule has 0 saturated carbocycles. The number of ether oxygens (including phenoxy) is 1. The quantitative estimate of drug-likeness (QED) is 0.366. The van der Waals surface area contributed by atoms with Crippen molar-refractivity contribution in [2.24, 2.45) is 0 Å². The highest BCUT2D eigenvalue weighted by Crippen LogP contribution is 2.33. The van der Waals surface area contributed by atoms with Gasteiger partial charge in [-0.05, 0) is 26.0 Å². The van der Waals surface area contributed by atoms with E-state index in [2.05, 4.69) is 0 Å². The molecule has 1 aliphatic heterocycles. The van der Waals surface area contributed by atoms with E-state index in [0.717, 1.165) is 12.1 Å². The number of nitrogens with zero attached hydrogens (tertiary/aromatic N) is 2. The molecule has 0 aromatic heterocycles. The number of nitro benzene ring substituents is 2. The molecule has 0 radical (unpaired) electrons. The van der Waals surface area contributed by atoms with E-state index in [9.17, 15) is 25.0 Å². The molecule has 1 aromatic carbocycles. The molecule has 0 N–H and O–H groups in total. The standard InChI is InChI=1S/C13H12N2O6/c1-13(2)7-9(12(16)21-13)5-8-3-4-10(14(17)18)6-11(8)15(19)20/h3-6H,7H2,1-2H3/b9-5-. The Labute approximate surface area is 119 Å². The van der Waals surface area contributed by atoms with Crippen molar-refractivity contribution in [3.8, 4) is 0 Å². The summed E-state index contributed by atoms with van der Waals surface area (Å²) in [4.78, 5) is 31.9. The molecule has 0 bridgehead atoms. The van der Waals surface area contributed by atoms with Crippen LogP contribution in [0.15, 0.2) is 23.8 Å². The molecule has 1 aliphatic rings. The second-order valence-corrected chi connectivity index (χ2v) is 5.25. The predicted octanol–water partition coefficient (Wildman–Crippen LogP) is 2.61. The molecule has 110 valence electrons. The Morgan fingerprint density at radius 3 is 2.38 bits per heavy atom. The van der Waals surface area contributed by atoms with Gasteiger partial charge in [0.25, 0.3) is 11.4 Å². The summed E-state index contributed by atoms with van der Waals surface area (Å²) >= 11 is 0. The average molecular weight is 292 g/mol. The van der Waals surface area contributed by atoms with Gasteiger partial charge in [0.05, 0.1) is 21.5 Å². The van der Waals surface area contributed by atoms with Gasteiger partial charge in [-0.2, -0.15) is 0 Å². The Bertz CT molecular complexity index is 677. The molecular formula is C13H12N2O6. The van der Waals surface area contributed by atoms with Gasteiger partial charge in [-0.3, -0.25) is 20.2 Å². The van der Waals surface area contributed by atoms with Gasteiger partial charge in [0, 0.05) is 18.1 Å². The number of hydrogen-bond acceptors (Lipinski definition) is 6. The minimum absolute atomic E-state index is 0.134. The smallest absolute Gasteiger partial charge is 0.334 e. The maximum atomic E-state index is 11.7. The van der Waals surface area contributed by atoms with E-state index in [1.807, 2.05) is 0 Å². The number of nitro groups is 2. The Kier molecular flexibility index (Phi) is 3.46. The van der Waals surface area contributed by atoms with E-state index < -0.39 is 27.1 Å². The Morgan fingerprint density at radius 2 is 1.90 bits per heavy atom. The van der Waals surface area contributed by atoms with Crippen LogP contribution in [0.5, 0.6) is 0 Å². The predicted molar refractivity (Wildman–Crippen MR) is 72.5 cm³/mol. The lowest BCUT2D eigenvalue weighted by atomic mass is 10.00. The number of rotatable bonds is 3. The molecule has 0 unspecified atom stereocenters. The molecule has 0 aliphatic carbocycles. The molecule has 0 spiro atoms. The fourth-order valence-corrected chi connectivity index (χ4v) is 2.11. The normalized spacial score (nSPS) is 18.6. The van der Waals surface area contributed by atoms with E-state index in [-0.39, 0.29) is 11.3 Å².